The van der Waals surface area contributed by atoms with Crippen LogP contribution in [-0.4, -0.2) is 21.1 Å². The van der Waals surface area contributed by atoms with Crippen LogP contribution in [0.15, 0.2) is 39.6 Å². The number of fused-ring (bicyclic) bond motifs is 1. The van der Waals surface area contributed by atoms with Crippen LogP contribution in [0.3, 0.4) is 0 Å². The van der Waals surface area contributed by atoms with Crippen LogP contribution in [0.25, 0.3) is 10.2 Å². The molecule has 1 unspecified atom stereocenters. The highest BCUT2D eigenvalue weighted by Crippen LogP contribution is 2.23. The molecule has 2 aromatic heterocycles. The van der Waals surface area contributed by atoms with E-state index in [1.54, 1.807) is 37.4 Å². The first-order valence-corrected chi connectivity index (χ1v) is 8.91. The van der Waals surface area contributed by atoms with Gasteiger partial charge in [-0.3, -0.25) is 9.59 Å². The lowest BCUT2D eigenvalue weighted by Gasteiger charge is -2.11. The van der Waals surface area contributed by atoms with Gasteiger partial charge < -0.3 is 10.3 Å². The third-order valence-corrected chi connectivity index (χ3v) is 5.20. The summed E-state index contributed by atoms with van der Waals surface area (Å²) in [4.78, 5) is 31.8. The summed E-state index contributed by atoms with van der Waals surface area (Å²) in [6.07, 6.45) is 0. The molecule has 1 atom stereocenters. The normalized spacial score (nSPS) is 12.3. The molecule has 2 heterocycles. The van der Waals surface area contributed by atoms with E-state index < -0.39 is 5.25 Å². The van der Waals surface area contributed by atoms with Crippen LogP contribution in [0.5, 0.6) is 0 Å². The molecule has 124 valence electrons. The van der Waals surface area contributed by atoms with E-state index in [1.165, 1.54) is 17.4 Å². The van der Waals surface area contributed by atoms with Crippen LogP contribution in [-0.2, 0) is 4.79 Å². The number of aromatic nitrogens is 2. The number of thioether (sulfide) groups is 1. The molecule has 1 amide bonds. The van der Waals surface area contributed by atoms with Crippen molar-refractivity contribution in [2.75, 3.05) is 5.32 Å². The Hall–Kier alpha value is -2.19. The first-order chi connectivity index (χ1) is 11.4. The topological polar surface area (TPSA) is 74.8 Å². The minimum atomic E-state index is -0.505. The molecule has 2 N–H and O–H groups in total. The summed E-state index contributed by atoms with van der Waals surface area (Å²) >= 11 is 2.51. The second kappa shape index (κ2) is 6.74. The van der Waals surface area contributed by atoms with Crippen molar-refractivity contribution in [3.8, 4) is 0 Å². The van der Waals surface area contributed by atoms with Crippen molar-refractivity contribution < 1.29 is 9.18 Å². The lowest BCUT2D eigenvalue weighted by Crippen LogP contribution is -2.23. The number of carbonyl (C=O) groups excluding carboxylic acids is 1. The fraction of sp³-hybridized carbons (Fsp3) is 0.188. The van der Waals surface area contributed by atoms with Gasteiger partial charge in [0.1, 0.15) is 10.6 Å². The lowest BCUT2D eigenvalue weighted by molar-refractivity contribution is -0.115. The summed E-state index contributed by atoms with van der Waals surface area (Å²) in [5.74, 6) is -0.667. The Morgan fingerprint density at radius 3 is 2.96 bits per heavy atom. The van der Waals surface area contributed by atoms with E-state index in [0.29, 0.717) is 26.6 Å². The molecule has 0 aliphatic rings. The van der Waals surface area contributed by atoms with Crippen molar-refractivity contribution in [2.24, 2.45) is 0 Å². The summed E-state index contributed by atoms with van der Waals surface area (Å²) in [6.45, 7) is 3.35. The molecule has 0 bridgehead atoms. The zero-order valence-corrected chi connectivity index (χ0v) is 14.6. The fourth-order valence-corrected chi connectivity index (χ4v) is 3.66. The van der Waals surface area contributed by atoms with Crippen molar-refractivity contribution in [2.45, 2.75) is 24.3 Å². The van der Waals surface area contributed by atoms with Crippen LogP contribution < -0.4 is 10.9 Å². The predicted molar refractivity (Wildman–Crippen MR) is 95.3 cm³/mol. The standard InChI is InChI=1S/C16H14FN3O2S2/c1-8-3-4-10(7-12(8)17)18-13(21)9(2)24-16-19-14(22)11-5-6-23-15(11)20-16/h3-7,9H,1-2H3,(H,18,21)(H,19,20,22). The third-order valence-electron chi connectivity index (χ3n) is 3.41. The highest BCUT2D eigenvalue weighted by Gasteiger charge is 2.17. The number of hydrogen-bond donors (Lipinski definition) is 2. The van der Waals surface area contributed by atoms with Crippen molar-refractivity contribution in [3.05, 3.63) is 51.4 Å². The Kier molecular flexibility index (Phi) is 4.68. The Labute approximate surface area is 145 Å². The summed E-state index contributed by atoms with van der Waals surface area (Å²) < 4.78 is 13.5. The van der Waals surface area contributed by atoms with E-state index in [9.17, 15) is 14.0 Å². The van der Waals surface area contributed by atoms with Gasteiger partial charge in [-0.25, -0.2) is 9.37 Å². The van der Waals surface area contributed by atoms with Gasteiger partial charge in [0, 0.05) is 5.69 Å². The largest absolute Gasteiger partial charge is 0.325 e. The van der Waals surface area contributed by atoms with Gasteiger partial charge in [0.05, 0.1) is 10.6 Å². The molecule has 0 spiro atoms. The first kappa shape index (κ1) is 16.7. The molecule has 3 aromatic rings. The summed E-state index contributed by atoms with van der Waals surface area (Å²) in [7, 11) is 0. The molecule has 0 aliphatic carbocycles. The molecule has 24 heavy (non-hydrogen) atoms. The average Bonchev–Trinajstić information content (AvgIpc) is 3.00. The van der Waals surface area contributed by atoms with Gasteiger partial charge in [0.2, 0.25) is 5.91 Å². The van der Waals surface area contributed by atoms with Crippen molar-refractivity contribution in [1.29, 1.82) is 0 Å². The maximum absolute atomic E-state index is 13.5. The second-order valence-electron chi connectivity index (χ2n) is 5.22. The molecule has 8 heteroatoms. The number of amides is 1. The average molecular weight is 363 g/mol. The Balaban J connectivity index is 1.73. The van der Waals surface area contributed by atoms with Crippen molar-refractivity contribution in [1.82, 2.24) is 9.97 Å². The highest BCUT2D eigenvalue weighted by molar-refractivity contribution is 8.00. The summed E-state index contributed by atoms with van der Waals surface area (Å²) in [5, 5.41) is 4.87. The quantitative estimate of drug-likeness (QED) is 0.549. The number of anilines is 1. The molecule has 0 saturated heterocycles. The van der Waals surface area contributed by atoms with Crippen LogP contribution in [0.4, 0.5) is 10.1 Å². The van der Waals surface area contributed by atoms with E-state index in [0.717, 1.165) is 11.8 Å². The number of rotatable bonds is 4. The van der Waals surface area contributed by atoms with Gasteiger partial charge >= 0.3 is 0 Å². The van der Waals surface area contributed by atoms with Crippen LogP contribution in [0.2, 0.25) is 0 Å². The molecule has 0 fully saturated rings. The molecule has 5 nitrogen and oxygen atoms in total. The number of thiophene rings is 1. The first-order valence-electron chi connectivity index (χ1n) is 7.15. The number of H-pyrrole nitrogens is 1. The monoisotopic (exact) mass is 363 g/mol. The lowest BCUT2D eigenvalue weighted by atomic mass is 10.2. The summed E-state index contributed by atoms with van der Waals surface area (Å²) in [5.41, 5.74) is 0.684. The van der Waals surface area contributed by atoms with Crippen molar-refractivity contribution >= 4 is 44.9 Å². The maximum Gasteiger partial charge on any atom is 0.260 e. The van der Waals surface area contributed by atoms with E-state index >= 15 is 0 Å². The van der Waals surface area contributed by atoms with Gasteiger partial charge in [0.25, 0.3) is 5.56 Å². The number of nitrogens with one attached hydrogen (secondary N) is 2. The number of nitrogens with zero attached hydrogens (tertiary/aromatic N) is 1. The number of aryl methyl sites for hydroxylation is 1. The Bertz CT molecular complexity index is 967. The predicted octanol–water partition coefficient (Wildman–Crippen LogP) is 3.55. The molecular weight excluding hydrogens is 349 g/mol. The smallest absolute Gasteiger partial charge is 0.260 e. The Morgan fingerprint density at radius 2 is 2.21 bits per heavy atom. The Morgan fingerprint density at radius 1 is 1.42 bits per heavy atom. The van der Waals surface area contributed by atoms with Crippen LogP contribution >= 0.6 is 23.1 Å². The molecule has 0 aliphatic heterocycles. The molecule has 0 radical (unpaired) electrons. The summed E-state index contributed by atoms with van der Waals surface area (Å²) in [6, 6.07) is 6.24. The second-order valence-corrected chi connectivity index (χ2v) is 7.45. The van der Waals surface area contributed by atoms with Gasteiger partial charge in [-0.15, -0.1) is 11.3 Å². The zero-order chi connectivity index (χ0) is 17.3. The highest BCUT2D eigenvalue weighted by atomic mass is 32.2. The number of halogens is 1. The molecular formula is C16H14FN3O2S2. The minimum absolute atomic E-state index is 0.225. The third kappa shape index (κ3) is 3.49. The van der Waals surface area contributed by atoms with Crippen LogP contribution in [0, 0.1) is 12.7 Å². The SMILES string of the molecule is Cc1ccc(NC(=O)C(C)Sc2nc3sccc3c(=O)[nH]2)cc1F. The van der Waals surface area contributed by atoms with Gasteiger partial charge in [-0.05, 0) is 43.0 Å². The zero-order valence-electron chi connectivity index (χ0n) is 12.9. The molecule has 1 aromatic carbocycles. The molecule has 0 saturated carbocycles. The van der Waals surface area contributed by atoms with Gasteiger partial charge in [-0.1, -0.05) is 17.8 Å². The van der Waals surface area contributed by atoms with Crippen molar-refractivity contribution in [3.63, 3.8) is 0 Å². The van der Waals surface area contributed by atoms with Crippen LogP contribution in [0.1, 0.15) is 12.5 Å². The van der Waals surface area contributed by atoms with E-state index in [1.807, 2.05) is 0 Å². The number of aromatic amines is 1. The molecule has 3 rings (SSSR count). The maximum atomic E-state index is 13.5. The van der Waals surface area contributed by atoms with E-state index in [4.69, 9.17) is 0 Å². The van der Waals surface area contributed by atoms with E-state index in [2.05, 4.69) is 15.3 Å². The van der Waals surface area contributed by atoms with E-state index in [-0.39, 0.29) is 17.3 Å². The number of hydrogen-bond acceptors (Lipinski definition) is 5. The van der Waals surface area contributed by atoms with Gasteiger partial charge in [0.15, 0.2) is 5.16 Å². The minimum Gasteiger partial charge on any atom is -0.325 e. The number of carbonyl (C=O) groups is 1. The number of benzene rings is 1. The van der Waals surface area contributed by atoms with Gasteiger partial charge in [-0.2, -0.15) is 0 Å². The fourth-order valence-electron chi connectivity index (χ4n) is 2.04.